The summed E-state index contributed by atoms with van der Waals surface area (Å²) < 4.78 is 13.6. The lowest BCUT2D eigenvalue weighted by Gasteiger charge is -2.10. The Morgan fingerprint density at radius 3 is 2.65 bits per heavy atom. The number of carboxylic acid groups (broad SMARTS) is 1. The molecule has 138 valence electrons. The summed E-state index contributed by atoms with van der Waals surface area (Å²) in [5.74, 6) is -0.965. The largest absolute Gasteiger partial charge is 0.481 e. The Balaban J connectivity index is 1.62. The summed E-state index contributed by atoms with van der Waals surface area (Å²) in [5, 5.41) is 12.0. The molecule has 26 heavy (non-hydrogen) atoms. The molecule has 1 aromatic carbocycles. The van der Waals surface area contributed by atoms with E-state index >= 15 is 0 Å². The van der Waals surface area contributed by atoms with Crippen LogP contribution in [0.3, 0.4) is 0 Å². The van der Waals surface area contributed by atoms with Gasteiger partial charge in [0.05, 0.1) is 11.1 Å². The van der Waals surface area contributed by atoms with Crippen LogP contribution in [0.1, 0.15) is 66.9 Å². The number of amides is 1. The Bertz CT molecular complexity index is 818. The molecule has 0 bridgehead atoms. The van der Waals surface area contributed by atoms with Gasteiger partial charge in [-0.15, -0.1) is 0 Å². The summed E-state index contributed by atoms with van der Waals surface area (Å²) in [5.41, 5.74) is 2.03. The number of carboxylic acids is 1. The molecular formula is C20H23FN2O3. The highest BCUT2D eigenvalue weighted by Gasteiger charge is 2.27. The predicted molar refractivity (Wildman–Crippen MR) is 96.7 cm³/mol. The maximum atomic E-state index is 13.6. The molecule has 2 N–H and O–H groups in total. The first kappa shape index (κ1) is 18.3. The first-order valence-corrected chi connectivity index (χ1v) is 9.15. The molecule has 0 atom stereocenters. The number of rotatable bonds is 9. The summed E-state index contributed by atoms with van der Waals surface area (Å²) in [6.45, 7) is 0.518. The van der Waals surface area contributed by atoms with Gasteiger partial charge in [-0.25, -0.2) is 4.39 Å². The van der Waals surface area contributed by atoms with Crippen molar-refractivity contribution in [2.45, 2.75) is 50.9 Å². The van der Waals surface area contributed by atoms with Gasteiger partial charge < -0.3 is 10.4 Å². The fourth-order valence-corrected chi connectivity index (χ4v) is 3.05. The number of aliphatic carboxylic acids is 1. The number of carbonyl (C=O) groups is 2. The van der Waals surface area contributed by atoms with Gasteiger partial charge in [0.1, 0.15) is 5.82 Å². The number of nitrogens with zero attached hydrogens (tertiary/aromatic N) is 1. The fraction of sp³-hybridized carbons (Fsp3) is 0.450. The fourth-order valence-electron chi connectivity index (χ4n) is 3.05. The van der Waals surface area contributed by atoms with Gasteiger partial charge in [-0.05, 0) is 49.9 Å². The number of benzene rings is 1. The van der Waals surface area contributed by atoms with Crippen LogP contribution >= 0.6 is 0 Å². The van der Waals surface area contributed by atoms with E-state index in [0.29, 0.717) is 35.3 Å². The zero-order valence-corrected chi connectivity index (χ0v) is 14.6. The van der Waals surface area contributed by atoms with Crippen molar-refractivity contribution in [2.24, 2.45) is 0 Å². The van der Waals surface area contributed by atoms with Crippen LogP contribution in [-0.2, 0) is 4.79 Å². The third-order valence-electron chi connectivity index (χ3n) is 4.63. The van der Waals surface area contributed by atoms with E-state index in [4.69, 9.17) is 5.11 Å². The molecule has 1 saturated carbocycles. The highest BCUT2D eigenvalue weighted by molar-refractivity contribution is 6.06. The average Bonchev–Trinajstić information content (AvgIpc) is 3.44. The lowest BCUT2D eigenvalue weighted by molar-refractivity contribution is -0.137. The Morgan fingerprint density at radius 2 is 1.92 bits per heavy atom. The van der Waals surface area contributed by atoms with E-state index in [1.165, 1.54) is 12.1 Å². The molecule has 0 unspecified atom stereocenters. The second-order valence-corrected chi connectivity index (χ2v) is 6.84. The van der Waals surface area contributed by atoms with Gasteiger partial charge in [-0.3, -0.25) is 14.6 Å². The summed E-state index contributed by atoms with van der Waals surface area (Å²) >= 11 is 0. The second-order valence-electron chi connectivity index (χ2n) is 6.84. The Labute approximate surface area is 151 Å². The molecule has 1 heterocycles. The lowest BCUT2D eigenvalue weighted by atomic mass is 10.0. The summed E-state index contributed by atoms with van der Waals surface area (Å²) in [7, 11) is 0. The minimum Gasteiger partial charge on any atom is -0.481 e. The Morgan fingerprint density at radius 1 is 1.15 bits per heavy atom. The highest BCUT2D eigenvalue weighted by Crippen LogP contribution is 2.40. The molecule has 0 aliphatic heterocycles. The van der Waals surface area contributed by atoms with Crippen molar-refractivity contribution in [2.75, 3.05) is 6.54 Å². The van der Waals surface area contributed by atoms with Crippen molar-refractivity contribution in [3.05, 3.63) is 41.3 Å². The van der Waals surface area contributed by atoms with Crippen LogP contribution in [0.2, 0.25) is 0 Å². The molecule has 6 heteroatoms. The molecule has 0 radical (unpaired) electrons. The van der Waals surface area contributed by atoms with Gasteiger partial charge in [-0.2, -0.15) is 0 Å². The van der Waals surface area contributed by atoms with Crippen molar-refractivity contribution in [3.8, 4) is 0 Å². The molecule has 3 rings (SSSR count). The number of pyridine rings is 1. The summed E-state index contributed by atoms with van der Waals surface area (Å²) in [6, 6.07) is 6.14. The van der Waals surface area contributed by atoms with Crippen LogP contribution in [0.15, 0.2) is 24.3 Å². The van der Waals surface area contributed by atoms with E-state index in [-0.39, 0.29) is 18.1 Å². The number of halogens is 1. The maximum absolute atomic E-state index is 13.6. The maximum Gasteiger partial charge on any atom is 0.303 e. The normalized spacial score (nSPS) is 13.7. The summed E-state index contributed by atoms with van der Waals surface area (Å²) in [6.07, 6.45) is 5.49. The molecule has 5 nitrogen and oxygen atoms in total. The Hall–Kier alpha value is -2.50. The monoisotopic (exact) mass is 358 g/mol. The third kappa shape index (κ3) is 4.77. The minimum absolute atomic E-state index is 0.185. The number of hydrogen-bond donors (Lipinski definition) is 2. The van der Waals surface area contributed by atoms with E-state index in [1.807, 2.05) is 0 Å². The number of aromatic nitrogens is 1. The zero-order valence-electron chi connectivity index (χ0n) is 14.6. The van der Waals surface area contributed by atoms with Gasteiger partial charge in [0, 0.05) is 30.0 Å². The van der Waals surface area contributed by atoms with Crippen molar-refractivity contribution in [1.29, 1.82) is 0 Å². The number of fused-ring (bicyclic) bond motifs is 1. The number of nitrogens with one attached hydrogen (secondary N) is 1. The molecule has 1 aromatic heterocycles. The van der Waals surface area contributed by atoms with Crippen molar-refractivity contribution >= 4 is 22.8 Å². The minimum atomic E-state index is -0.776. The second kappa shape index (κ2) is 8.25. The van der Waals surface area contributed by atoms with E-state index in [2.05, 4.69) is 10.3 Å². The van der Waals surface area contributed by atoms with Crippen molar-refractivity contribution in [3.63, 3.8) is 0 Å². The predicted octanol–water partition coefficient (Wildman–Crippen LogP) is 4.02. The Kier molecular flexibility index (Phi) is 5.81. The van der Waals surface area contributed by atoms with Gasteiger partial charge >= 0.3 is 5.97 Å². The molecule has 1 aliphatic carbocycles. The summed E-state index contributed by atoms with van der Waals surface area (Å²) in [4.78, 5) is 27.6. The highest BCUT2D eigenvalue weighted by atomic mass is 19.1. The van der Waals surface area contributed by atoms with E-state index in [0.717, 1.165) is 37.8 Å². The van der Waals surface area contributed by atoms with Crippen molar-refractivity contribution in [1.82, 2.24) is 10.3 Å². The molecule has 1 fully saturated rings. The van der Waals surface area contributed by atoms with Crippen LogP contribution < -0.4 is 5.32 Å². The van der Waals surface area contributed by atoms with Crippen LogP contribution in [0.5, 0.6) is 0 Å². The molecule has 2 aromatic rings. The molecule has 1 aliphatic rings. The van der Waals surface area contributed by atoms with E-state index in [9.17, 15) is 14.0 Å². The van der Waals surface area contributed by atoms with Crippen LogP contribution in [0.25, 0.3) is 10.9 Å². The van der Waals surface area contributed by atoms with E-state index in [1.54, 1.807) is 12.1 Å². The quantitative estimate of drug-likeness (QED) is 0.664. The third-order valence-corrected chi connectivity index (χ3v) is 4.63. The SMILES string of the molecule is O=C(O)CCCCCCNC(=O)c1cc(C2CC2)nc2ccc(F)cc12. The molecule has 0 spiro atoms. The molecular weight excluding hydrogens is 335 g/mol. The lowest BCUT2D eigenvalue weighted by Crippen LogP contribution is -2.25. The van der Waals surface area contributed by atoms with Crippen LogP contribution in [0.4, 0.5) is 4.39 Å². The smallest absolute Gasteiger partial charge is 0.303 e. The van der Waals surface area contributed by atoms with Gasteiger partial charge in [-0.1, -0.05) is 12.8 Å². The number of carbonyl (C=O) groups excluding carboxylic acids is 1. The number of unbranched alkanes of at least 4 members (excludes halogenated alkanes) is 3. The van der Waals surface area contributed by atoms with Gasteiger partial charge in [0.15, 0.2) is 0 Å². The zero-order chi connectivity index (χ0) is 18.5. The van der Waals surface area contributed by atoms with E-state index < -0.39 is 5.97 Å². The average molecular weight is 358 g/mol. The molecule has 0 saturated heterocycles. The number of hydrogen-bond acceptors (Lipinski definition) is 3. The van der Waals surface area contributed by atoms with Crippen LogP contribution in [-0.4, -0.2) is 28.5 Å². The molecule has 1 amide bonds. The standard InChI is InChI=1S/C20H23FN2O3/c21-14-8-9-17-15(11-14)16(12-18(23-17)13-6-7-13)20(26)22-10-4-2-1-3-5-19(24)25/h8-9,11-13H,1-7,10H2,(H,22,26)(H,24,25). The first-order chi connectivity index (χ1) is 12.5. The first-order valence-electron chi connectivity index (χ1n) is 9.15. The van der Waals surface area contributed by atoms with Crippen LogP contribution in [0, 0.1) is 5.82 Å². The topological polar surface area (TPSA) is 79.3 Å². The van der Waals surface area contributed by atoms with Gasteiger partial charge in [0.2, 0.25) is 0 Å². The van der Waals surface area contributed by atoms with Gasteiger partial charge in [0.25, 0.3) is 5.91 Å². The van der Waals surface area contributed by atoms with Crippen molar-refractivity contribution < 1.29 is 19.1 Å².